The maximum Gasteiger partial charge on any atom is 0.187 e. The molecule has 0 saturated carbocycles. The van der Waals surface area contributed by atoms with E-state index in [9.17, 15) is 107 Å². The third-order valence-corrected chi connectivity index (χ3v) is 15.1. The topological polar surface area (TPSA) is 532 Å². The Labute approximate surface area is 432 Å². The van der Waals surface area contributed by atoms with Gasteiger partial charge in [0.15, 0.2) is 31.5 Å². The van der Waals surface area contributed by atoms with Crippen LogP contribution >= 0.6 is 0 Å². The molecule has 7 aliphatic rings. The second kappa shape index (κ2) is 26.0. The molecule has 2 aliphatic carbocycles. The summed E-state index contributed by atoms with van der Waals surface area (Å²) in [5, 5.41) is 229. The molecule has 32 nitrogen and oxygen atoms in total. The fraction of sp³-hybridized carbons (Fsp3) is 0.909. The predicted molar refractivity (Wildman–Crippen MR) is 239 cm³/mol. The highest BCUT2D eigenvalue weighted by Crippen LogP contribution is 2.36. The lowest BCUT2D eigenvalue weighted by Gasteiger charge is -2.49. The molecular formula is C44H74N2O30. The average Bonchev–Trinajstić information content (AvgIpc) is 3.41. The predicted octanol–water partition coefficient (Wildman–Crippen LogP) is -13.9. The van der Waals surface area contributed by atoms with Gasteiger partial charge in [0.25, 0.3) is 0 Å². The first-order valence-electron chi connectivity index (χ1n) is 24.7. The standard InChI is InChI=1S/C44H74N2O30/c1-10-19(45-14-3-12(5-47)21(52)26(57)22(14)53)24(55)32(63)41(68-10)74-38-17(8-50)71-43(34(65)29(38)60)73-36-13(6-48)4-15(23(54)27(36)58)46-20-11(2)69-42(33(64)25(20)56)75-39-18(9-51)72-44(35(66)30(39)61)76-37-16(7-49)70-40(67)31(62)28(37)59/h3-4,10-11,14-67H,5-9H2,1-2H3/t10-,11-,14-,15?,16-,17-,18-,19-,20-,21-,22+,23+,24+,25+,26+,27-,28-,29-,30-,31-,32-,33-,34-,35-,36-,37-,38-,39-,40+,41-,42-,43-,44-/m1/s1. The minimum Gasteiger partial charge on any atom is -0.394 e. The van der Waals surface area contributed by atoms with E-state index in [2.05, 4.69) is 10.6 Å². The van der Waals surface area contributed by atoms with E-state index in [4.69, 9.17) is 42.6 Å². The molecule has 5 heterocycles. The van der Waals surface area contributed by atoms with Crippen LogP contribution in [0.1, 0.15) is 13.8 Å². The van der Waals surface area contributed by atoms with Crippen molar-refractivity contribution in [2.45, 2.75) is 216 Å². The molecule has 1 unspecified atom stereocenters. The SMILES string of the molecule is C[C@H]1O[C@H](O[C@H]2[C@H](O)[C@@H](O)[C@@H](O[C@H]3[C@H](O)[C@@H](O)[C@@H](O)O[C@@H]3CO)O[C@@H]2CO)[C@H](O)[C@@H](O)[C@@H]1NC1C=C(CO)[C@@H](O[C@H]2O[C@H](CO)[C@@H](O[C@H]3O[C@H](C)[C@@H](N[C@@H]4C=C(CO)[C@@H](O)[C@H](O)[C@H]4O)[C@H](O)[C@H]3O)[C@H](O)[C@H]2O)[C@H](O)[C@H]1O. The van der Waals surface area contributed by atoms with Crippen molar-refractivity contribution in [1.82, 2.24) is 10.6 Å². The summed E-state index contributed by atoms with van der Waals surface area (Å²) in [6, 6.07) is -4.97. The van der Waals surface area contributed by atoms with Gasteiger partial charge in [-0.2, -0.15) is 0 Å². The summed E-state index contributed by atoms with van der Waals surface area (Å²) in [6.07, 6.45) is -48.4. The Morgan fingerprint density at radius 3 is 1.16 bits per heavy atom. The zero-order valence-corrected chi connectivity index (χ0v) is 40.8. The molecule has 5 fully saturated rings. The molecule has 32 heteroatoms. The van der Waals surface area contributed by atoms with E-state index in [1.165, 1.54) is 26.0 Å². The van der Waals surface area contributed by atoms with Gasteiger partial charge in [-0.15, -0.1) is 0 Å². The number of aliphatic hydroxyl groups excluding tert-OH is 21. The third kappa shape index (κ3) is 12.3. The Hall–Kier alpha value is -1.80. The fourth-order valence-corrected chi connectivity index (χ4v) is 10.5. The molecule has 7 rings (SSSR count). The molecular weight excluding hydrogens is 1040 g/mol. The van der Waals surface area contributed by atoms with E-state index in [1.54, 1.807) is 0 Å². The fourth-order valence-electron chi connectivity index (χ4n) is 10.5. The van der Waals surface area contributed by atoms with Gasteiger partial charge in [-0.1, -0.05) is 12.2 Å². The number of aliphatic hydroxyl groups is 21. The highest BCUT2D eigenvalue weighted by molar-refractivity contribution is 5.24. The van der Waals surface area contributed by atoms with Gasteiger partial charge in [-0.3, -0.25) is 0 Å². The van der Waals surface area contributed by atoms with E-state index in [0.717, 1.165) is 0 Å². The lowest BCUT2D eigenvalue weighted by molar-refractivity contribution is -0.373. The first kappa shape index (κ1) is 61.8. The number of rotatable bonds is 17. The van der Waals surface area contributed by atoms with Crippen molar-refractivity contribution >= 4 is 0 Å². The summed E-state index contributed by atoms with van der Waals surface area (Å²) < 4.78 is 50.9. The van der Waals surface area contributed by atoms with Crippen molar-refractivity contribution in [3.8, 4) is 0 Å². The van der Waals surface area contributed by atoms with Gasteiger partial charge < -0.3 is 161 Å². The summed E-state index contributed by atoms with van der Waals surface area (Å²) in [4.78, 5) is 0. The maximum atomic E-state index is 11.4. The summed E-state index contributed by atoms with van der Waals surface area (Å²) in [6.45, 7) is -1.38. The monoisotopic (exact) mass is 1110 g/mol. The van der Waals surface area contributed by atoms with Crippen LogP contribution in [-0.2, 0) is 42.6 Å². The van der Waals surface area contributed by atoms with Gasteiger partial charge in [-0.05, 0) is 25.0 Å². The molecule has 0 aromatic carbocycles. The van der Waals surface area contributed by atoms with Gasteiger partial charge in [0.05, 0.1) is 69.4 Å². The second-order valence-electron chi connectivity index (χ2n) is 20.0. The third-order valence-electron chi connectivity index (χ3n) is 15.1. The van der Waals surface area contributed by atoms with Crippen molar-refractivity contribution in [2.75, 3.05) is 33.0 Å². The van der Waals surface area contributed by atoms with Gasteiger partial charge >= 0.3 is 0 Å². The van der Waals surface area contributed by atoms with E-state index in [-0.39, 0.29) is 11.1 Å². The van der Waals surface area contributed by atoms with Crippen LogP contribution in [0.4, 0.5) is 0 Å². The van der Waals surface area contributed by atoms with E-state index >= 15 is 0 Å². The lowest BCUT2D eigenvalue weighted by Crippen LogP contribution is -2.69. The van der Waals surface area contributed by atoms with Gasteiger partial charge in [0.1, 0.15) is 134 Å². The summed E-state index contributed by atoms with van der Waals surface area (Å²) in [7, 11) is 0. The molecule has 76 heavy (non-hydrogen) atoms. The van der Waals surface area contributed by atoms with Crippen molar-refractivity contribution in [2.24, 2.45) is 0 Å². The molecule has 0 amide bonds. The highest BCUT2D eigenvalue weighted by atomic mass is 16.8. The van der Waals surface area contributed by atoms with Crippen LogP contribution in [0.15, 0.2) is 23.3 Å². The smallest absolute Gasteiger partial charge is 0.187 e. The van der Waals surface area contributed by atoms with Crippen molar-refractivity contribution < 1.29 is 150 Å². The zero-order valence-electron chi connectivity index (χ0n) is 40.8. The molecule has 440 valence electrons. The molecule has 0 spiro atoms. The second-order valence-corrected chi connectivity index (χ2v) is 20.0. The van der Waals surface area contributed by atoms with Crippen LogP contribution in [0.2, 0.25) is 0 Å². The van der Waals surface area contributed by atoms with Crippen LogP contribution in [0, 0.1) is 0 Å². The quantitative estimate of drug-likeness (QED) is 0.0601. The molecule has 0 aromatic rings. The Bertz CT molecular complexity index is 1910. The lowest BCUT2D eigenvalue weighted by atomic mass is 9.86. The van der Waals surface area contributed by atoms with Crippen molar-refractivity contribution in [3.05, 3.63) is 23.3 Å². The van der Waals surface area contributed by atoms with E-state index in [1.807, 2.05) is 0 Å². The minimum absolute atomic E-state index is 0.0200. The normalized spacial score (nSPS) is 52.5. The van der Waals surface area contributed by atoms with Crippen molar-refractivity contribution in [1.29, 1.82) is 0 Å². The van der Waals surface area contributed by atoms with Gasteiger partial charge in [-0.25, -0.2) is 0 Å². The number of nitrogens with one attached hydrogen (secondary N) is 2. The van der Waals surface area contributed by atoms with Crippen LogP contribution in [0.25, 0.3) is 0 Å². The Morgan fingerprint density at radius 2 is 0.737 bits per heavy atom. The van der Waals surface area contributed by atoms with Crippen LogP contribution in [0.3, 0.4) is 0 Å². The van der Waals surface area contributed by atoms with Gasteiger partial charge in [0, 0.05) is 0 Å². The number of hydrogen-bond donors (Lipinski definition) is 23. The molecule has 0 bridgehead atoms. The average molecular weight is 1110 g/mol. The van der Waals surface area contributed by atoms with E-state index in [0.29, 0.717) is 0 Å². The Kier molecular flexibility index (Phi) is 21.1. The minimum atomic E-state index is -2.07. The van der Waals surface area contributed by atoms with Gasteiger partial charge in [0.2, 0.25) is 0 Å². The Balaban J connectivity index is 0.950. The van der Waals surface area contributed by atoms with Crippen molar-refractivity contribution in [3.63, 3.8) is 0 Å². The molecule has 33 atom stereocenters. The van der Waals surface area contributed by atoms with Crippen LogP contribution in [-0.4, -0.2) is 342 Å². The number of hydrogen-bond acceptors (Lipinski definition) is 32. The summed E-state index contributed by atoms with van der Waals surface area (Å²) in [5.74, 6) is 0. The maximum absolute atomic E-state index is 11.4. The first-order chi connectivity index (χ1) is 35.9. The van der Waals surface area contributed by atoms with Crippen LogP contribution in [0.5, 0.6) is 0 Å². The highest BCUT2D eigenvalue weighted by Gasteiger charge is 2.56. The Morgan fingerprint density at radius 1 is 0.382 bits per heavy atom. The number of ether oxygens (including phenoxy) is 9. The molecule has 0 aromatic heterocycles. The first-order valence-corrected chi connectivity index (χ1v) is 24.7. The largest absolute Gasteiger partial charge is 0.394 e. The zero-order chi connectivity index (χ0) is 55.9. The van der Waals surface area contributed by atoms with E-state index < -0.39 is 235 Å². The molecule has 5 saturated heterocycles. The molecule has 0 radical (unpaired) electrons. The molecule has 23 N–H and O–H groups in total. The summed E-state index contributed by atoms with van der Waals surface area (Å²) >= 11 is 0. The summed E-state index contributed by atoms with van der Waals surface area (Å²) in [5.41, 5.74) is -0.166. The van der Waals surface area contributed by atoms with Crippen LogP contribution < -0.4 is 10.6 Å². The molecule has 5 aliphatic heterocycles.